The van der Waals surface area contributed by atoms with E-state index in [1.807, 2.05) is 9.80 Å². The van der Waals surface area contributed by atoms with E-state index < -0.39 is 0 Å². The van der Waals surface area contributed by atoms with Crippen LogP contribution >= 0.6 is 0 Å². The minimum absolute atomic E-state index is 0.192. The first kappa shape index (κ1) is 10.4. The van der Waals surface area contributed by atoms with Crippen molar-refractivity contribution < 1.29 is 4.79 Å². The number of hydrogen-bond acceptors (Lipinski definition) is 1. The largest absolute Gasteiger partial charge is 0.320 e. The summed E-state index contributed by atoms with van der Waals surface area (Å²) in [5, 5.41) is 0. The molecule has 0 radical (unpaired) electrons. The smallest absolute Gasteiger partial charge is 0.320 e. The normalized spacial score (nSPS) is 23.9. The summed E-state index contributed by atoms with van der Waals surface area (Å²) in [6.45, 7) is 11.2. The number of hydrogen-bond donors (Lipinski definition) is 0. The number of carbonyl (C=O) groups excluding carboxylic acids is 1. The number of carbonyl (C=O) groups is 1. The highest BCUT2D eigenvalue weighted by Crippen LogP contribution is 2.20. The zero-order valence-electron chi connectivity index (χ0n) is 9.24. The third kappa shape index (κ3) is 1.79. The lowest BCUT2D eigenvalue weighted by Gasteiger charge is -2.25. The zero-order valence-corrected chi connectivity index (χ0v) is 9.24. The first-order valence-corrected chi connectivity index (χ1v) is 5.04. The standard InChI is InChI=1S/C10H20N2O/c1-7(2)11-6-9(5)12(8(3)4)10(11)13/h7-9H,6H2,1-5H3/t9-/m0/s1. The van der Waals surface area contributed by atoms with Gasteiger partial charge in [0.2, 0.25) is 0 Å². The molecule has 76 valence electrons. The lowest BCUT2D eigenvalue weighted by atomic mass is 10.2. The van der Waals surface area contributed by atoms with E-state index in [2.05, 4.69) is 34.6 Å². The van der Waals surface area contributed by atoms with Gasteiger partial charge in [0.1, 0.15) is 0 Å². The Kier molecular flexibility index (Phi) is 2.84. The minimum atomic E-state index is 0.192. The van der Waals surface area contributed by atoms with Gasteiger partial charge >= 0.3 is 6.03 Å². The molecular weight excluding hydrogens is 164 g/mol. The summed E-state index contributed by atoms with van der Waals surface area (Å²) in [5.74, 6) is 0. The molecule has 1 aliphatic rings. The summed E-state index contributed by atoms with van der Waals surface area (Å²) in [6, 6.07) is 1.18. The van der Waals surface area contributed by atoms with Crippen molar-refractivity contribution in [2.75, 3.05) is 6.54 Å². The van der Waals surface area contributed by atoms with Crippen LogP contribution in [0.3, 0.4) is 0 Å². The van der Waals surface area contributed by atoms with Crippen LogP contribution < -0.4 is 0 Å². The van der Waals surface area contributed by atoms with Gasteiger partial charge < -0.3 is 9.80 Å². The molecule has 0 N–H and O–H groups in total. The second kappa shape index (κ2) is 3.56. The van der Waals surface area contributed by atoms with Gasteiger partial charge in [0.25, 0.3) is 0 Å². The molecule has 1 atom stereocenters. The monoisotopic (exact) mass is 184 g/mol. The number of nitrogens with zero attached hydrogens (tertiary/aromatic N) is 2. The quantitative estimate of drug-likeness (QED) is 0.643. The Hall–Kier alpha value is -0.730. The molecule has 13 heavy (non-hydrogen) atoms. The van der Waals surface area contributed by atoms with Crippen molar-refractivity contribution in [2.45, 2.75) is 52.7 Å². The Balaban J connectivity index is 2.75. The van der Waals surface area contributed by atoms with Crippen LogP contribution in [0.15, 0.2) is 0 Å². The lowest BCUT2D eigenvalue weighted by molar-refractivity contribution is 0.169. The first-order chi connectivity index (χ1) is 5.95. The average molecular weight is 184 g/mol. The fourth-order valence-electron chi connectivity index (χ4n) is 1.95. The number of amides is 2. The zero-order chi connectivity index (χ0) is 10.2. The molecule has 1 fully saturated rings. The van der Waals surface area contributed by atoms with E-state index >= 15 is 0 Å². The van der Waals surface area contributed by atoms with Crippen molar-refractivity contribution in [3.05, 3.63) is 0 Å². The fourth-order valence-corrected chi connectivity index (χ4v) is 1.95. The predicted octanol–water partition coefficient (Wildman–Crippen LogP) is 1.93. The number of rotatable bonds is 2. The predicted molar refractivity (Wildman–Crippen MR) is 53.7 cm³/mol. The maximum absolute atomic E-state index is 11.9. The van der Waals surface area contributed by atoms with Gasteiger partial charge in [-0.05, 0) is 34.6 Å². The molecular formula is C10H20N2O. The highest BCUT2D eigenvalue weighted by Gasteiger charge is 2.36. The van der Waals surface area contributed by atoms with Gasteiger partial charge in [0.05, 0.1) is 0 Å². The summed E-state index contributed by atoms with van der Waals surface area (Å²) >= 11 is 0. The molecule has 1 heterocycles. The number of urea groups is 1. The van der Waals surface area contributed by atoms with E-state index in [0.717, 1.165) is 6.54 Å². The van der Waals surface area contributed by atoms with Crippen LogP contribution in [0.2, 0.25) is 0 Å². The lowest BCUT2D eigenvalue weighted by Crippen LogP contribution is -2.40. The molecule has 0 aromatic carbocycles. The average Bonchev–Trinajstić information content (AvgIpc) is 2.26. The van der Waals surface area contributed by atoms with Gasteiger partial charge in [-0.3, -0.25) is 0 Å². The van der Waals surface area contributed by atoms with Crippen molar-refractivity contribution in [1.29, 1.82) is 0 Å². The fraction of sp³-hybridized carbons (Fsp3) is 0.900. The van der Waals surface area contributed by atoms with Crippen molar-refractivity contribution >= 4 is 6.03 Å². The van der Waals surface area contributed by atoms with Crippen LogP contribution in [0, 0.1) is 0 Å². The summed E-state index contributed by atoms with van der Waals surface area (Å²) < 4.78 is 0. The molecule has 3 heteroatoms. The van der Waals surface area contributed by atoms with Crippen LogP contribution in [0.5, 0.6) is 0 Å². The summed E-state index contributed by atoms with van der Waals surface area (Å²) in [7, 11) is 0. The molecule has 0 saturated carbocycles. The van der Waals surface area contributed by atoms with Gasteiger partial charge in [-0.15, -0.1) is 0 Å². The van der Waals surface area contributed by atoms with E-state index in [1.165, 1.54) is 0 Å². The van der Waals surface area contributed by atoms with Crippen molar-refractivity contribution in [2.24, 2.45) is 0 Å². The van der Waals surface area contributed by atoms with Gasteiger partial charge in [0.15, 0.2) is 0 Å². The first-order valence-electron chi connectivity index (χ1n) is 5.04. The molecule has 1 aliphatic heterocycles. The summed E-state index contributed by atoms with van der Waals surface area (Å²) in [5.41, 5.74) is 0. The van der Waals surface area contributed by atoms with E-state index in [4.69, 9.17) is 0 Å². The third-order valence-corrected chi connectivity index (χ3v) is 2.58. The van der Waals surface area contributed by atoms with Gasteiger partial charge in [-0.2, -0.15) is 0 Å². The second-order valence-corrected chi connectivity index (χ2v) is 4.38. The van der Waals surface area contributed by atoms with Gasteiger partial charge in [-0.25, -0.2) is 4.79 Å². The van der Waals surface area contributed by atoms with E-state index in [1.54, 1.807) is 0 Å². The second-order valence-electron chi connectivity index (χ2n) is 4.38. The van der Waals surface area contributed by atoms with E-state index in [9.17, 15) is 4.79 Å². The molecule has 1 saturated heterocycles. The van der Waals surface area contributed by atoms with Crippen molar-refractivity contribution in [1.82, 2.24) is 9.80 Å². The molecule has 3 nitrogen and oxygen atoms in total. The van der Waals surface area contributed by atoms with Crippen LogP contribution in [-0.4, -0.2) is 40.5 Å². The molecule has 2 amide bonds. The van der Waals surface area contributed by atoms with Gasteiger partial charge in [0, 0.05) is 24.7 Å². The van der Waals surface area contributed by atoms with Gasteiger partial charge in [-0.1, -0.05) is 0 Å². The van der Waals surface area contributed by atoms with Crippen LogP contribution in [0.1, 0.15) is 34.6 Å². The molecule has 0 aliphatic carbocycles. The Morgan fingerprint density at radius 1 is 1.23 bits per heavy atom. The minimum Gasteiger partial charge on any atom is -0.320 e. The molecule has 0 spiro atoms. The Morgan fingerprint density at radius 3 is 2.00 bits per heavy atom. The van der Waals surface area contributed by atoms with Crippen molar-refractivity contribution in [3.63, 3.8) is 0 Å². The van der Waals surface area contributed by atoms with Crippen molar-refractivity contribution in [3.8, 4) is 0 Å². The summed E-state index contributed by atoms with van der Waals surface area (Å²) in [4.78, 5) is 15.7. The molecule has 1 rings (SSSR count). The maximum Gasteiger partial charge on any atom is 0.320 e. The SMILES string of the molecule is CC(C)N1C[C@H](C)N(C(C)C)C1=O. The van der Waals surface area contributed by atoms with Crippen LogP contribution in [0.4, 0.5) is 4.79 Å². The third-order valence-electron chi connectivity index (χ3n) is 2.58. The highest BCUT2D eigenvalue weighted by atomic mass is 16.2. The maximum atomic E-state index is 11.9. The van der Waals surface area contributed by atoms with E-state index in [0.29, 0.717) is 18.1 Å². The Labute approximate surface area is 80.7 Å². The van der Waals surface area contributed by atoms with Crippen LogP contribution in [-0.2, 0) is 0 Å². The molecule has 0 bridgehead atoms. The summed E-state index contributed by atoms with van der Waals surface area (Å²) in [6.07, 6.45) is 0. The van der Waals surface area contributed by atoms with Crippen LogP contribution in [0.25, 0.3) is 0 Å². The Bertz CT molecular complexity index is 201. The van der Waals surface area contributed by atoms with E-state index in [-0.39, 0.29) is 6.03 Å². The molecule has 0 unspecified atom stereocenters. The Morgan fingerprint density at radius 2 is 1.77 bits per heavy atom. The molecule has 0 aromatic rings. The topological polar surface area (TPSA) is 23.6 Å². The highest BCUT2D eigenvalue weighted by molar-refractivity contribution is 5.77. The molecule has 0 aromatic heterocycles.